The number of guanidine groups is 1. The van der Waals surface area contributed by atoms with Gasteiger partial charge in [-0.3, -0.25) is 14.6 Å². The molecule has 0 saturated heterocycles. The average Bonchev–Trinajstić information content (AvgIpc) is 2.71. The molecule has 0 aliphatic heterocycles. The molecule has 0 aliphatic rings. The predicted molar refractivity (Wildman–Crippen MR) is 117 cm³/mol. The molecule has 0 fully saturated rings. The Morgan fingerprint density at radius 3 is 2.50 bits per heavy atom. The Morgan fingerprint density at radius 2 is 1.83 bits per heavy atom. The van der Waals surface area contributed by atoms with E-state index in [4.69, 9.17) is 33.5 Å². The van der Waals surface area contributed by atoms with E-state index in [0.717, 1.165) is 5.56 Å². The van der Waals surface area contributed by atoms with Gasteiger partial charge in [0.2, 0.25) is 5.91 Å². The molecule has 0 aromatic heterocycles. The zero-order valence-corrected chi connectivity index (χ0v) is 17.3. The predicted octanol–water partition coefficient (Wildman–Crippen LogP) is 1.60. The summed E-state index contributed by atoms with van der Waals surface area (Å²) in [6.07, 6.45) is 1.53. The summed E-state index contributed by atoms with van der Waals surface area (Å²) in [6.45, 7) is 0.792. The van der Waals surface area contributed by atoms with E-state index in [-0.39, 0.29) is 5.96 Å². The van der Waals surface area contributed by atoms with Crippen LogP contribution in [-0.2, 0) is 11.2 Å². The average molecular weight is 432 g/mol. The first-order chi connectivity index (χ1) is 14.3. The third kappa shape index (κ3) is 8.00. The van der Waals surface area contributed by atoms with Crippen molar-refractivity contribution in [2.75, 3.05) is 13.2 Å². The Balaban J connectivity index is 1.89. The SMILES string of the molecule is NC(=O)[C@H](CCCN=C(N)N)NC(=O)c1cccc(OCCc2ccc(Cl)cc2)c1. The Labute approximate surface area is 180 Å². The van der Waals surface area contributed by atoms with Crippen LogP contribution in [0.1, 0.15) is 28.8 Å². The van der Waals surface area contributed by atoms with Gasteiger partial charge in [0.15, 0.2) is 5.96 Å². The largest absolute Gasteiger partial charge is 0.493 e. The van der Waals surface area contributed by atoms with Crippen LogP contribution in [0.5, 0.6) is 5.75 Å². The van der Waals surface area contributed by atoms with E-state index in [1.165, 1.54) is 0 Å². The molecule has 2 aromatic rings. The van der Waals surface area contributed by atoms with Gasteiger partial charge in [0.1, 0.15) is 11.8 Å². The van der Waals surface area contributed by atoms with E-state index in [1.54, 1.807) is 24.3 Å². The Bertz CT molecular complexity index is 882. The summed E-state index contributed by atoms with van der Waals surface area (Å²) in [6, 6.07) is 13.4. The summed E-state index contributed by atoms with van der Waals surface area (Å²) < 4.78 is 5.74. The highest BCUT2D eigenvalue weighted by molar-refractivity contribution is 6.30. The van der Waals surface area contributed by atoms with Crippen molar-refractivity contribution in [3.05, 3.63) is 64.7 Å². The third-order valence-electron chi connectivity index (χ3n) is 4.26. The number of halogens is 1. The van der Waals surface area contributed by atoms with E-state index < -0.39 is 17.9 Å². The van der Waals surface area contributed by atoms with E-state index in [2.05, 4.69) is 10.3 Å². The first-order valence-corrected chi connectivity index (χ1v) is 9.86. The number of nitrogens with one attached hydrogen (secondary N) is 1. The van der Waals surface area contributed by atoms with Crippen LogP contribution in [0.3, 0.4) is 0 Å². The van der Waals surface area contributed by atoms with Gasteiger partial charge < -0.3 is 27.3 Å². The number of rotatable bonds is 11. The molecule has 0 radical (unpaired) electrons. The van der Waals surface area contributed by atoms with Crippen LogP contribution >= 0.6 is 11.6 Å². The van der Waals surface area contributed by atoms with Gasteiger partial charge in [-0.25, -0.2) is 0 Å². The van der Waals surface area contributed by atoms with Crippen LogP contribution in [0.2, 0.25) is 5.02 Å². The number of ether oxygens (including phenoxy) is 1. The molecule has 0 bridgehead atoms. The van der Waals surface area contributed by atoms with Crippen LogP contribution in [0, 0.1) is 0 Å². The number of hydrogen-bond donors (Lipinski definition) is 4. The van der Waals surface area contributed by atoms with Gasteiger partial charge in [0, 0.05) is 23.6 Å². The Morgan fingerprint density at radius 1 is 1.10 bits per heavy atom. The number of nitrogens with two attached hydrogens (primary N) is 3. The summed E-state index contributed by atoms with van der Waals surface area (Å²) in [4.78, 5) is 28.0. The zero-order chi connectivity index (χ0) is 21.9. The lowest BCUT2D eigenvalue weighted by molar-refractivity contribution is -0.120. The molecule has 0 heterocycles. The minimum Gasteiger partial charge on any atom is -0.493 e. The second kappa shape index (κ2) is 11.7. The lowest BCUT2D eigenvalue weighted by atomic mass is 10.1. The number of primary amides is 1. The Hall–Kier alpha value is -3.26. The molecule has 2 rings (SSSR count). The van der Waals surface area contributed by atoms with Gasteiger partial charge >= 0.3 is 0 Å². The molecular formula is C21H26ClN5O3. The Kier molecular flexibility index (Phi) is 8.96. The molecule has 30 heavy (non-hydrogen) atoms. The highest BCUT2D eigenvalue weighted by atomic mass is 35.5. The van der Waals surface area contributed by atoms with Gasteiger partial charge in [-0.2, -0.15) is 0 Å². The standard InChI is InChI=1S/C21H26ClN5O3/c22-16-8-6-14(7-9-16)10-12-30-17-4-1-3-15(13-17)20(29)27-18(19(23)28)5-2-11-26-21(24)25/h1,3-4,6-9,13,18H,2,5,10-12H2,(H2,23,28)(H,27,29)(H4,24,25,26)/t18-/m0/s1. The van der Waals surface area contributed by atoms with Crippen molar-refractivity contribution < 1.29 is 14.3 Å². The van der Waals surface area contributed by atoms with Crippen LogP contribution in [0.15, 0.2) is 53.5 Å². The van der Waals surface area contributed by atoms with Crippen molar-refractivity contribution in [3.8, 4) is 5.75 Å². The summed E-state index contributed by atoms with van der Waals surface area (Å²) >= 11 is 5.88. The second-order valence-corrected chi connectivity index (χ2v) is 7.07. The normalized spacial score (nSPS) is 11.4. The van der Waals surface area contributed by atoms with Crippen LogP contribution in [0.4, 0.5) is 0 Å². The van der Waals surface area contributed by atoms with Crippen molar-refractivity contribution >= 4 is 29.4 Å². The summed E-state index contributed by atoms with van der Waals surface area (Å²) in [5.74, 6) is -0.505. The van der Waals surface area contributed by atoms with E-state index in [9.17, 15) is 9.59 Å². The van der Waals surface area contributed by atoms with Gasteiger partial charge in [0.05, 0.1) is 6.61 Å². The zero-order valence-electron chi connectivity index (χ0n) is 16.5. The van der Waals surface area contributed by atoms with Crippen molar-refractivity contribution in [2.45, 2.75) is 25.3 Å². The number of benzene rings is 2. The van der Waals surface area contributed by atoms with Crippen molar-refractivity contribution in [1.82, 2.24) is 5.32 Å². The second-order valence-electron chi connectivity index (χ2n) is 6.63. The van der Waals surface area contributed by atoms with E-state index in [1.807, 2.05) is 24.3 Å². The first kappa shape index (κ1) is 23.0. The molecule has 2 amide bonds. The smallest absolute Gasteiger partial charge is 0.252 e. The fourth-order valence-corrected chi connectivity index (χ4v) is 2.82. The molecule has 0 saturated carbocycles. The number of amides is 2. The van der Waals surface area contributed by atoms with E-state index in [0.29, 0.717) is 48.7 Å². The van der Waals surface area contributed by atoms with Gasteiger partial charge in [0.25, 0.3) is 5.91 Å². The highest BCUT2D eigenvalue weighted by Gasteiger charge is 2.18. The molecule has 2 aromatic carbocycles. The van der Waals surface area contributed by atoms with Gasteiger partial charge in [-0.15, -0.1) is 0 Å². The summed E-state index contributed by atoms with van der Waals surface area (Å²) in [5.41, 5.74) is 17.4. The number of aliphatic imine (C=N–C) groups is 1. The van der Waals surface area contributed by atoms with Crippen molar-refractivity contribution in [3.63, 3.8) is 0 Å². The first-order valence-electron chi connectivity index (χ1n) is 9.48. The number of hydrogen-bond acceptors (Lipinski definition) is 4. The number of carbonyl (C=O) groups excluding carboxylic acids is 2. The highest BCUT2D eigenvalue weighted by Crippen LogP contribution is 2.15. The fourth-order valence-electron chi connectivity index (χ4n) is 2.70. The lowest BCUT2D eigenvalue weighted by Gasteiger charge is -2.15. The summed E-state index contributed by atoms with van der Waals surface area (Å²) in [7, 11) is 0. The maximum Gasteiger partial charge on any atom is 0.252 e. The van der Waals surface area contributed by atoms with Gasteiger partial charge in [-0.05, 0) is 48.7 Å². The number of nitrogens with zero attached hydrogens (tertiary/aromatic N) is 1. The molecule has 8 nitrogen and oxygen atoms in total. The molecule has 7 N–H and O–H groups in total. The molecular weight excluding hydrogens is 406 g/mol. The maximum absolute atomic E-state index is 12.5. The molecule has 0 spiro atoms. The van der Waals surface area contributed by atoms with Crippen LogP contribution in [0.25, 0.3) is 0 Å². The monoisotopic (exact) mass is 431 g/mol. The molecule has 160 valence electrons. The van der Waals surface area contributed by atoms with Crippen LogP contribution < -0.4 is 27.3 Å². The fraction of sp³-hybridized carbons (Fsp3) is 0.286. The quantitative estimate of drug-likeness (QED) is 0.242. The lowest BCUT2D eigenvalue weighted by Crippen LogP contribution is -2.44. The molecule has 1 atom stereocenters. The minimum absolute atomic E-state index is 0.0254. The topological polar surface area (TPSA) is 146 Å². The van der Waals surface area contributed by atoms with Crippen molar-refractivity contribution in [2.24, 2.45) is 22.2 Å². The minimum atomic E-state index is -0.818. The molecule has 0 aliphatic carbocycles. The third-order valence-corrected chi connectivity index (χ3v) is 4.51. The molecule has 0 unspecified atom stereocenters. The van der Waals surface area contributed by atoms with Gasteiger partial charge in [-0.1, -0.05) is 29.8 Å². The molecule has 9 heteroatoms. The van der Waals surface area contributed by atoms with Crippen molar-refractivity contribution in [1.29, 1.82) is 0 Å². The van der Waals surface area contributed by atoms with Crippen LogP contribution in [-0.4, -0.2) is 37.0 Å². The maximum atomic E-state index is 12.5. The number of carbonyl (C=O) groups is 2. The summed E-state index contributed by atoms with van der Waals surface area (Å²) in [5, 5.41) is 3.33. The van der Waals surface area contributed by atoms with E-state index >= 15 is 0 Å².